The highest BCUT2D eigenvalue weighted by Crippen LogP contribution is 2.22. The topological polar surface area (TPSA) is 63.8 Å². The molecule has 3 N–H and O–H groups in total. The molecule has 0 aromatic heterocycles. The van der Waals surface area contributed by atoms with Crippen molar-refractivity contribution in [3.8, 4) is 5.75 Å². The van der Waals surface area contributed by atoms with E-state index in [1.165, 1.54) is 5.56 Å². The van der Waals surface area contributed by atoms with Gasteiger partial charge in [0.15, 0.2) is 0 Å². The lowest BCUT2D eigenvalue weighted by Gasteiger charge is -2.24. The van der Waals surface area contributed by atoms with Gasteiger partial charge in [0.05, 0.1) is 19.9 Å². The normalized spacial score (nSPS) is 16.9. The molecule has 0 aliphatic carbocycles. The summed E-state index contributed by atoms with van der Waals surface area (Å²) in [5.74, 6) is 0.938. The van der Waals surface area contributed by atoms with Crippen LogP contribution in [0.25, 0.3) is 0 Å². The van der Waals surface area contributed by atoms with Gasteiger partial charge in [0.1, 0.15) is 11.9 Å². The second-order valence-corrected chi connectivity index (χ2v) is 6.05. The van der Waals surface area contributed by atoms with E-state index in [1.54, 1.807) is 0 Å². The number of benzene rings is 1. The molecule has 0 saturated carbocycles. The third-order valence-corrected chi connectivity index (χ3v) is 3.98. The second-order valence-electron chi connectivity index (χ2n) is 6.05. The summed E-state index contributed by atoms with van der Waals surface area (Å²) < 4.78 is 16.8. The van der Waals surface area contributed by atoms with E-state index in [-0.39, 0.29) is 12.1 Å². The molecule has 1 aliphatic heterocycles. The van der Waals surface area contributed by atoms with Gasteiger partial charge in [-0.3, -0.25) is 16.2 Å². The number of hydrazine groups is 1. The lowest BCUT2D eigenvalue weighted by Crippen LogP contribution is -2.35. The quantitative estimate of drug-likeness (QED) is 0.326. The van der Waals surface area contributed by atoms with Crippen molar-refractivity contribution in [1.29, 1.82) is 0 Å². The second kappa shape index (κ2) is 11.4. The highest BCUT2D eigenvalue weighted by molar-refractivity contribution is 5.30. The van der Waals surface area contributed by atoms with E-state index in [4.69, 9.17) is 14.2 Å². The van der Waals surface area contributed by atoms with E-state index >= 15 is 0 Å². The van der Waals surface area contributed by atoms with Crippen LogP contribution in [-0.2, 0) is 9.47 Å². The maximum atomic E-state index is 6.08. The van der Waals surface area contributed by atoms with Crippen LogP contribution < -0.4 is 20.9 Å². The van der Waals surface area contributed by atoms with Gasteiger partial charge in [-0.2, -0.15) is 0 Å². The molecule has 24 heavy (non-hydrogen) atoms. The maximum Gasteiger partial charge on any atom is 0.120 e. The maximum absolute atomic E-state index is 6.08. The third kappa shape index (κ3) is 7.15. The smallest absolute Gasteiger partial charge is 0.120 e. The SMILES string of the molecule is CNCOCCCNNC(C)c1cccc(OC2CCOCC2)c1. The molecule has 1 heterocycles. The lowest BCUT2D eigenvalue weighted by molar-refractivity contribution is 0.0255. The molecule has 1 aliphatic rings. The molecule has 1 saturated heterocycles. The van der Waals surface area contributed by atoms with Crippen molar-refractivity contribution in [2.75, 3.05) is 40.1 Å². The van der Waals surface area contributed by atoms with Crippen molar-refractivity contribution >= 4 is 0 Å². The first-order valence-corrected chi connectivity index (χ1v) is 8.84. The highest BCUT2D eigenvalue weighted by atomic mass is 16.5. The van der Waals surface area contributed by atoms with Crippen molar-refractivity contribution in [3.63, 3.8) is 0 Å². The number of ether oxygens (including phenoxy) is 3. The van der Waals surface area contributed by atoms with Crippen LogP contribution in [0.4, 0.5) is 0 Å². The Morgan fingerprint density at radius 2 is 2.12 bits per heavy atom. The lowest BCUT2D eigenvalue weighted by atomic mass is 10.1. The summed E-state index contributed by atoms with van der Waals surface area (Å²) >= 11 is 0. The zero-order valence-electron chi connectivity index (χ0n) is 14.8. The molecular formula is C18H31N3O3. The van der Waals surface area contributed by atoms with Gasteiger partial charge < -0.3 is 14.2 Å². The van der Waals surface area contributed by atoms with Gasteiger partial charge in [-0.1, -0.05) is 12.1 Å². The molecule has 0 spiro atoms. The molecule has 2 rings (SSSR count). The first-order chi connectivity index (χ1) is 11.8. The van der Waals surface area contributed by atoms with Gasteiger partial charge in [0.2, 0.25) is 0 Å². The van der Waals surface area contributed by atoms with E-state index in [1.807, 2.05) is 19.2 Å². The first kappa shape index (κ1) is 19.1. The van der Waals surface area contributed by atoms with Crippen LogP contribution in [0.3, 0.4) is 0 Å². The van der Waals surface area contributed by atoms with Crippen LogP contribution in [0.1, 0.15) is 37.8 Å². The van der Waals surface area contributed by atoms with Gasteiger partial charge in [-0.25, -0.2) is 0 Å². The minimum absolute atomic E-state index is 0.210. The van der Waals surface area contributed by atoms with Gasteiger partial charge in [0, 0.05) is 32.0 Å². The molecule has 6 heteroatoms. The molecular weight excluding hydrogens is 306 g/mol. The predicted molar refractivity (Wildman–Crippen MR) is 95.0 cm³/mol. The summed E-state index contributed by atoms with van der Waals surface area (Å²) in [5, 5.41) is 2.96. The van der Waals surface area contributed by atoms with Crippen molar-refractivity contribution in [1.82, 2.24) is 16.2 Å². The molecule has 1 atom stereocenters. The van der Waals surface area contributed by atoms with Crippen LogP contribution in [0.2, 0.25) is 0 Å². The van der Waals surface area contributed by atoms with Crippen LogP contribution in [0.15, 0.2) is 24.3 Å². The molecule has 0 bridgehead atoms. The van der Waals surface area contributed by atoms with Crippen molar-refractivity contribution in [3.05, 3.63) is 29.8 Å². The summed E-state index contributed by atoms with van der Waals surface area (Å²) in [6.45, 7) is 5.95. The van der Waals surface area contributed by atoms with Gasteiger partial charge in [-0.15, -0.1) is 0 Å². The van der Waals surface area contributed by atoms with Crippen LogP contribution in [-0.4, -0.2) is 46.2 Å². The number of hydrogen-bond donors (Lipinski definition) is 3. The van der Waals surface area contributed by atoms with Crippen molar-refractivity contribution in [2.24, 2.45) is 0 Å². The number of hydrogen-bond acceptors (Lipinski definition) is 6. The fourth-order valence-electron chi connectivity index (χ4n) is 2.59. The summed E-state index contributed by atoms with van der Waals surface area (Å²) in [5.41, 5.74) is 7.78. The molecule has 6 nitrogen and oxygen atoms in total. The van der Waals surface area contributed by atoms with E-state index in [2.05, 4.69) is 35.2 Å². The summed E-state index contributed by atoms with van der Waals surface area (Å²) in [4.78, 5) is 0. The molecule has 1 aromatic rings. The standard InChI is InChI=1S/C18H31N3O3/c1-15(21-20-9-4-10-23-14-19-2)16-5-3-6-18(13-16)24-17-7-11-22-12-8-17/h3,5-6,13,15,17,19-21H,4,7-12,14H2,1-2H3. The predicted octanol–water partition coefficient (Wildman–Crippen LogP) is 1.98. The van der Waals surface area contributed by atoms with Gasteiger partial charge in [-0.05, 0) is 38.1 Å². The molecule has 0 radical (unpaired) electrons. The average Bonchev–Trinajstić information content (AvgIpc) is 2.62. The largest absolute Gasteiger partial charge is 0.490 e. The minimum Gasteiger partial charge on any atom is -0.490 e. The Morgan fingerprint density at radius 1 is 1.29 bits per heavy atom. The molecule has 136 valence electrons. The summed E-state index contributed by atoms with van der Waals surface area (Å²) in [6.07, 6.45) is 3.17. The fraction of sp³-hybridized carbons (Fsp3) is 0.667. The van der Waals surface area contributed by atoms with Crippen molar-refractivity contribution < 1.29 is 14.2 Å². The Bertz CT molecular complexity index is 453. The Morgan fingerprint density at radius 3 is 2.92 bits per heavy atom. The van der Waals surface area contributed by atoms with Crippen molar-refractivity contribution in [2.45, 2.75) is 38.3 Å². The van der Waals surface area contributed by atoms with E-state index in [0.717, 1.165) is 51.4 Å². The summed E-state index contributed by atoms with van der Waals surface area (Å²) in [7, 11) is 1.88. The Balaban J connectivity index is 1.69. The molecule has 1 aromatic carbocycles. The zero-order chi connectivity index (χ0) is 17.0. The highest BCUT2D eigenvalue weighted by Gasteiger charge is 2.15. The van der Waals surface area contributed by atoms with Gasteiger partial charge >= 0.3 is 0 Å². The minimum atomic E-state index is 0.210. The zero-order valence-corrected chi connectivity index (χ0v) is 14.8. The van der Waals surface area contributed by atoms with E-state index in [9.17, 15) is 0 Å². The van der Waals surface area contributed by atoms with Crippen LogP contribution in [0, 0.1) is 0 Å². The average molecular weight is 337 g/mol. The van der Waals surface area contributed by atoms with E-state index < -0.39 is 0 Å². The number of nitrogens with one attached hydrogen (secondary N) is 3. The van der Waals surface area contributed by atoms with Gasteiger partial charge in [0.25, 0.3) is 0 Å². The first-order valence-electron chi connectivity index (χ1n) is 8.84. The molecule has 1 fully saturated rings. The summed E-state index contributed by atoms with van der Waals surface area (Å²) in [6, 6.07) is 8.52. The fourth-order valence-corrected chi connectivity index (χ4v) is 2.59. The molecule has 1 unspecified atom stereocenters. The van der Waals surface area contributed by atoms with E-state index in [0.29, 0.717) is 6.73 Å². The Hall–Kier alpha value is -1.18. The number of rotatable bonds is 11. The Kier molecular flexibility index (Phi) is 9.09. The third-order valence-electron chi connectivity index (χ3n) is 3.98. The van der Waals surface area contributed by atoms with Crippen LogP contribution >= 0.6 is 0 Å². The monoisotopic (exact) mass is 337 g/mol. The van der Waals surface area contributed by atoms with Crippen LogP contribution in [0.5, 0.6) is 5.75 Å². The Labute approximate surface area is 145 Å². The molecule has 0 amide bonds.